The van der Waals surface area contributed by atoms with Gasteiger partial charge < -0.3 is 10.7 Å². The highest BCUT2D eigenvalue weighted by Crippen LogP contribution is 2.23. The second-order valence-corrected chi connectivity index (χ2v) is 4.51. The standard InChI is InChI=1S/C13H12ClFN4O/c1-7-4-8(5-12(17-7)19-16)13(20)18-11-3-2-9(15)6-10(11)14/h2-6H,16H2,1H3,(H,17,19)(H,18,20). The Morgan fingerprint density at radius 2 is 2.10 bits per heavy atom. The van der Waals surface area contributed by atoms with Crippen molar-refractivity contribution in [2.75, 3.05) is 10.7 Å². The van der Waals surface area contributed by atoms with Crippen molar-refractivity contribution < 1.29 is 9.18 Å². The van der Waals surface area contributed by atoms with Gasteiger partial charge in [0.25, 0.3) is 5.91 Å². The summed E-state index contributed by atoms with van der Waals surface area (Å²) in [6, 6.07) is 6.84. The van der Waals surface area contributed by atoms with Gasteiger partial charge in [0.05, 0.1) is 10.7 Å². The Balaban J connectivity index is 2.26. The monoisotopic (exact) mass is 294 g/mol. The SMILES string of the molecule is Cc1cc(C(=O)Nc2ccc(F)cc2Cl)cc(NN)n1. The number of carbonyl (C=O) groups excluding carboxylic acids is 1. The number of halogens is 2. The molecule has 0 fully saturated rings. The molecule has 1 aromatic carbocycles. The summed E-state index contributed by atoms with van der Waals surface area (Å²) in [5.41, 5.74) is 3.71. The molecule has 2 aromatic rings. The van der Waals surface area contributed by atoms with Gasteiger partial charge >= 0.3 is 0 Å². The van der Waals surface area contributed by atoms with Gasteiger partial charge in [0.2, 0.25) is 0 Å². The minimum atomic E-state index is -0.470. The Kier molecular flexibility index (Phi) is 4.16. The first-order valence-electron chi connectivity index (χ1n) is 5.71. The lowest BCUT2D eigenvalue weighted by Gasteiger charge is -2.09. The highest BCUT2D eigenvalue weighted by Gasteiger charge is 2.11. The van der Waals surface area contributed by atoms with Crippen molar-refractivity contribution in [2.24, 2.45) is 5.84 Å². The smallest absolute Gasteiger partial charge is 0.255 e. The number of carbonyl (C=O) groups is 1. The lowest BCUT2D eigenvalue weighted by atomic mass is 10.2. The summed E-state index contributed by atoms with van der Waals surface area (Å²) in [6.07, 6.45) is 0. The summed E-state index contributed by atoms with van der Waals surface area (Å²) in [4.78, 5) is 16.2. The molecular weight excluding hydrogens is 283 g/mol. The molecule has 1 heterocycles. The molecule has 0 aliphatic heterocycles. The molecule has 1 amide bonds. The highest BCUT2D eigenvalue weighted by molar-refractivity contribution is 6.33. The molecular formula is C13H12ClFN4O. The van der Waals surface area contributed by atoms with Crippen LogP contribution in [0.4, 0.5) is 15.9 Å². The number of benzene rings is 1. The number of anilines is 2. The number of amides is 1. The van der Waals surface area contributed by atoms with Crippen LogP contribution in [0.15, 0.2) is 30.3 Å². The third-order valence-corrected chi connectivity index (χ3v) is 2.86. The van der Waals surface area contributed by atoms with E-state index in [1.54, 1.807) is 13.0 Å². The van der Waals surface area contributed by atoms with Crippen molar-refractivity contribution in [3.8, 4) is 0 Å². The van der Waals surface area contributed by atoms with E-state index in [4.69, 9.17) is 17.4 Å². The second-order valence-electron chi connectivity index (χ2n) is 4.11. The number of hydrogen-bond donors (Lipinski definition) is 3. The summed E-state index contributed by atoms with van der Waals surface area (Å²) in [5.74, 6) is 4.79. The molecule has 0 aliphatic carbocycles. The Labute approximate surface area is 119 Å². The van der Waals surface area contributed by atoms with Crippen LogP contribution in [0.5, 0.6) is 0 Å². The molecule has 20 heavy (non-hydrogen) atoms. The third-order valence-electron chi connectivity index (χ3n) is 2.54. The first-order valence-corrected chi connectivity index (χ1v) is 6.09. The number of rotatable bonds is 3. The first-order chi connectivity index (χ1) is 9.49. The van der Waals surface area contributed by atoms with Crippen molar-refractivity contribution >= 4 is 29.0 Å². The number of nitrogens with zero attached hydrogens (tertiary/aromatic N) is 1. The molecule has 5 nitrogen and oxygen atoms in total. The molecule has 0 radical (unpaired) electrons. The van der Waals surface area contributed by atoms with Crippen LogP contribution in [0.1, 0.15) is 16.1 Å². The summed E-state index contributed by atoms with van der Waals surface area (Å²) in [7, 11) is 0. The van der Waals surface area contributed by atoms with Crippen LogP contribution in [0.25, 0.3) is 0 Å². The largest absolute Gasteiger partial charge is 0.321 e. The Morgan fingerprint density at radius 1 is 1.35 bits per heavy atom. The van der Waals surface area contributed by atoms with E-state index in [1.165, 1.54) is 18.2 Å². The van der Waals surface area contributed by atoms with Gasteiger partial charge in [0.15, 0.2) is 0 Å². The summed E-state index contributed by atoms with van der Waals surface area (Å²) < 4.78 is 12.9. The number of hydrogen-bond acceptors (Lipinski definition) is 4. The van der Waals surface area contributed by atoms with Crippen LogP contribution in [0.3, 0.4) is 0 Å². The molecule has 7 heteroatoms. The summed E-state index contributed by atoms with van der Waals surface area (Å²) in [6.45, 7) is 1.74. The fourth-order valence-corrected chi connectivity index (χ4v) is 1.87. The maximum absolute atomic E-state index is 12.9. The first kappa shape index (κ1) is 14.2. The summed E-state index contributed by atoms with van der Waals surface area (Å²) >= 11 is 5.85. The van der Waals surface area contributed by atoms with Crippen LogP contribution in [0.2, 0.25) is 5.02 Å². The minimum absolute atomic E-state index is 0.126. The van der Waals surface area contributed by atoms with Crippen LogP contribution in [-0.2, 0) is 0 Å². The molecule has 104 valence electrons. The molecule has 0 atom stereocenters. The molecule has 4 N–H and O–H groups in total. The van der Waals surface area contributed by atoms with Crippen LogP contribution >= 0.6 is 11.6 Å². The number of nitrogens with one attached hydrogen (secondary N) is 2. The number of aryl methyl sites for hydroxylation is 1. The highest BCUT2D eigenvalue weighted by atomic mass is 35.5. The molecule has 0 aliphatic rings. The second kappa shape index (κ2) is 5.85. The predicted molar refractivity (Wildman–Crippen MR) is 76.1 cm³/mol. The van der Waals surface area contributed by atoms with E-state index in [1.807, 2.05) is 0 Å². The number of pyridine rings is 1. The van der Waals surface area contributed by atoms with E-state index < -0.39 is 5.82 Å². The van der Waals surface area contributed by atoms with Gasteiger partial charge in [0, 0.05) is 11.3 Å². The Morgan fingerprint density at radius 3 is 2.75 bits per heavy atom. The summed E-state index contributed by atoms with van der Waals surface area (Å²) in [5, 5.41) is 2.72. The van der Waals surface area contributed by atoms with Crippen LogP contribution in [-0.4, -0.2) is 10.9 Å². The number of aromatic nitrogens is 1. The van der Waals surface area contributed by atoms with Crippen molar-refractivity contribution in [3.63, 3.8) is 0 Å². The van der Waals surface area contributed by atoms with Gasteiger partial charge in [-0.2, -0.15) is 0 Å². The van der Waals surface area contributed by atoms with Gasteiger partial charge in [-0.25, -0.2) is 15.2 Å². The topological polar surface area (TPSA) is 80.0 Å². The fraction of sp³-hybridized carbons (Fsp3) is 0.0769. The quantitative estimate of drug-likeness (QED) is 0.600. The minimum Gasteiger partial charge on any atom is -0.321 e. The van der Waals surface area contributed by atoms with Crippen molar-refractivity contribution in [3.05, 3.63) is 52.4 Å². The molecule has 2 rings (SSSR count). The van der Waals surface area contributed by atoms with E-state index >= 15 is 0 Å². The van der Waals surface area contributed by atoms with Crippen LogP contribution < -0.4 is 16.6 Å². The van der Waals surface area contributed by atoms with E-state index in [9.17, 15) is 9.18 Å². The van der Waals surface area contributed by atoms with Gasteiger partial charge in [-0.05, 0) is 37.3 Å². The number of nitrogens with two attached hydrogens (primary N) is 1. The fourth-order valence-electron chi connectivity index (χ4n) is 1.66. The van der Waals surface area contributed by atoms with Crippen LogP contribution in [0, 0.1) is 12.7 Å². The van der Waals surface area contributed by atoms with Crippen molar-refractivity contribution in [2.45, 2.75) is 6.92 Å². The number of hydrazine groups is 1. The third kappa shape index (κ3) is 3.23. The van der Waals surface area contributed by atoms with Crippen molar-refractivity contribution in [1.82, 2.24) is 4.98 Å². The molecule has 0 bridgehead atoms. The van der Waals surface area contributed by atoms with E-state index in [0.717, 1.165) is 6.07 Å². The van der Waals surface area contributed by atoms with Gasteiger partial charge in [-0.15, -0.1) is 0 Å². The zero-order chi connectivity index (χ0) is 14.7. The van der Waals surface area contributed by atoms with E-state index in [2.05, 4.69) is 15.7 Å². The van der Waals surface area contributed by atoms with E-state index in [-0.39, 0.29) is 10.9 Å². The lowest BCUT2D eigenvalue weighted by molar-refractivity contribution is 0.102. The number of nitrogen functional groups attached to an aromatic ring is 1. The zero-order valence-corrected chi connectivity index (χ0v) is 11.3. The van der Waals surface area contributed by atoms with Gasteiger partial charge in [0.1, 0.15) is 11.6 Å². The van der Waals surface area contributed by atoms with E-state index in [0.29, 0.717) is 22.8 Å². The maximum Gasteiger partial charge on any atom is 0.255 e. The normalized spacial score (nSPS) is 10.2. The maximum atomic E-state index is 12.9. The molecule has 1 aromatic heterocycles. The molecule has 0 unspecified atom stereocenters. The lowest BCUT2D eigenvalue weighted by Crippen LogP contribution is -2.15. The molecule has 0 saturated heterocycles. The van der Waals surface area contributed by atoms with Gasteiger partial charge in [-0.3, -0.25) is 4.79 Å². The Bertz CT molecular complexity index is 663. The average molecular weight is 295 g/mol. The molecule has 0 spiro atoms. The Hall–Kier alpha value is -2.18. The average Bonchev–Trinajstić information content (AvgIpc) is 2.41. The van der Waals surface area contributed by atoms with Crippen molar-refractivity contribution in [1.29, 1.82) is 0 Å². The predicted octanol–water partition coefficient (Wildman–Crippen LogP) is 2.72. The van der Waals surface area contributed by atoms with Gasteiger partial charge in [-0.1, -0.05) is 11.6 Å². The zero-order valence-electron chi connectivity index (χ0n) is 10.6. The molecule has 0 saturated carbocycles.